The summed E-state index contributed by atoms with van der Waals surface area (Å²) in [7, 11) is 0. The third-order valence-electron chi connectivity index (χ3n) is 3.65. The third-order valence-corrected chi connectivity index (χ3v) is 3.65. The van der Waals surface area contributed by atoms with E-state index in [9.17, 15) is 5.26 Å². The fourth-order valence-corrected chi connectivity index (χ4v) is 2.74. The highest BCUT2D eigenvalue weighted by atomic mass is 16.5. The van der Waals surface area contributed by atoms with Crippen molar-refractivity contribution in [2.24, 2.45) is 0 Å². The summed E-state index contributed by atoms with van der Waals surface area (Å²) in [6.45, 7) is 5.36. The predicted octanol–water partition coefficient (Wildman–Crippen LogP) is 3.49. The molecule has 0 saturated heterocycles. The highest BCUT2D eigenvalue weighted by Crippen LogP contribution is 2.37. The Labute approximate surface area is 124 Å². The monoisotopic (exact) mass is 279 g/mol. The summed E-state index contributed by atoms with van der Waals surface area (Å²) in [5.74, 6) is 0.867. The lowest BCUT2D eigenvalue weighted by Crippen LogP contribution is -2.19. The quantitative estimate of drug-likeness (QED) is 0.801. The lowest BCUT2D eigenvalue weighted by molar-refractivity contribution is 0.322. The minimum atomic E-state index is 0.636. The molecule has 0 unspecified atom stereocenters. The van der Waals surface area contributed by atoms with Gasteiger partial charge in [-0.1, -0.05) is 12.1 Å². The average Bonchev–Trinajstić information content (AvgIpc) is 2.68. The van der Waals surface area contributed by atoms with Gasteiger partial charge < -0.3 is 9.64 Å². The van der Waals surface area contributed by atoms with E-state index in [0.717, 1.165) is 41.5 Å². The first kappa shape index (κ1) is 13.4. The van der Waals surface area contributed by atoms with Gasteiger partial charge in [-0.15, -0.1) is 0 Å². The molecule has 4 nitrogen and oxygen atoms in total. The summed E-state index contributed by atoms with van der Waals surface area (Å²) in [5.41, 5.74) is 4.26. The molecule has 0 saturated carbocycles. The molecule has 0 bridgehead atoms. The lowest BCUT2D eigenvalue weighted by Gasteiger charge is -2.25. The first-order chi connectivity index (χ1) is 10.2. The van der Waals surface area contributed by atoms with Crippen LogP contribution in [0.25, 0.3) is 0 Å². The summed E-state index contributed by atoms with van der Waals surface area (Å²) in [6, 6.07) is 12.2. The zero-order valence-electron chi connectivity index (χ0n) is 12.3. The van der Waals surface area contributed by atoms with Crippen molar-refractivity contribution in [1.82, 2.24) is 4.98 Å². The van der Waals surface area contributed by atoms with E-state index in [1.165, 1.54) is 0 Å². The van der Waals surface area contributed by atoms with Crippen LogP contribution in [0.2, 0.25) is 0 Å². The fraction of sp³-hybridized carbons (Fsp3) is 0.294. The number of fused-ring (bicyclic) bond motifs is 1. The van der Waals surface area contributed by atoms with Crippen molar-refractivity contribution in [1.29, 1.82) is 5.26 Å². The second kappa shape index (κ2) is 5.45. The number of anilines is 2. The summed E-state index contributed by atoms with van der Waals surface area (Å²) >= 11 is 0. The Morgan fingerprint density at radius 3 is 2.86 bits per heavy atom. The van der Waals surface area contributed by atoms with Crippen molar-refractivity contribution in [2.45, 2.75) is 20.3 Å². The number of rotatable bonds is 1. The summed E-state index contributed by atoms with van der Waals surface area (Å²) < 4.78 is 5.79. The van der Waals surface area contributed by atoms with Gasteiger partial charge in [0.15, 0.2) is 0 Å². The fourth-order valence-electron chi connectivity index (χ4n) is 2.74. The lowest BCUT2D eigenvalue weighted by atomic mass is 10.1. The minimum absolute atomic E-state index is 0.636. The molecule has 2 aromatic rings. The highest BCUT2D eigenvalue weighted by Gasteiger charge is 2.21. The largest absolute Gasteiger partial charge is 0.491 e. The van der Waals surface area contributed by atoms with Gasteiger partial charge in [0.1, 0.15) is 11.8 Å². The van der Waals surface area contributed by atoms with E-state index in [1.807, 2.05) is 44.2 Å². The normalized spacial score (nSPS) is 13.9. The number of aromatic nitrogens is 1. The zero-order valence-corrected chi connectivity index (χ0v) is 12.3. The number of benzene rings is 1. The molecule has 1 aromatic heterocycles. The van der Waals surface area contributed by atoms with E-state index in [0.29, 0.717) is 12.2 Å². The van der Waals surface area contributed by atoms with Gasteiger partial charge in [0.25, 0.3) is 0 Å². The Bertz CT molecular complexity index is 718. The molecule has 0 spiro atoms. The molecule has 1 aliphatic heterocycles. The SMILES string of the molecule is Cc1cc(N2CCCOc3ccccc32)c(C#N)c(C)n1. The number of para-hydroxylation sites is 2. The van der Waals surface area contributed by atoms with Gasteiger partial charge in [-0.3, -0.25) is 4.98 Å². The summed E-state index contributed by atoms with van der Waals surface area (Å²) in [6.07, 6.45) is 0.917. The predicted molar refractivity (Wildman–Crippen MR) is 82.0 cm³/mol. The number of nitrogens with zero attached hydrogens (tertiary/aromatic N) is 3. The van der Waals surface area contributed by atoms with Gasteiger partial charge in [0, 0.05) is 12.2 Å². The molecule has 0 radical (unpaired) electrons. The molecule has 0 aliphatic carbocycles. The van der Waals surface area contributed by atoms with Crippen molar-refractivity contribution >= 4 is 11.4 Å². The minimum Gasteiger partial charge on any atom is -0.491 e. The van der Waals surface area contributed by atoms with Crippen LogP contribution in [0.15, 0.2) is 30.3 Å². The van der Waals surface area contributed by atoms with E-state index in [2.05, 4.69) is 16.0 Å². The zero-order chi connectivity index (χ0) is 14.8. The van der Waals surface area contributed by atoms with Gasteiger partial charge in [-0.25, -0.2) is 0 Å². The van der Waals surface area contributed by atoms with Crippen molar-refractivity contribution in [3.8, 4) is 11.8 Å². The molecule has 2 heterocycles. The molecule has 106 valence electrons. The van der Waals surface area contributed by atoms with Crippen molar-refractivity contribution < 1.29 is 4.74 Å². The Morgan fingerprint density at radius 1 is 1.24 bits per heavy atom. The standard InChI is InChI=1S/C17H17N3O/c1-12-10-16(14(11-18)13(2)19-12)20-8-5-9-21-17-7-4-3-6-15(17)20/h3-4,6-7,10H,5,8-9H2,1-2H3. The molecule has 0 fully saturated rings. The molecule has 0 atom stereocenters. The van der Waals surface area contributed by atoms with Crippen molar-refractivity contribution in [3.05, 3.63) is 47.3 Å². The molecule has 21 heavy (non-hydrogen) atoms. The Kier molecular flexibility index (Phi) is 3.49. The van der Waals surface area contributed by atoms with E-state index in [4.69, 9.17) is 4.74 Å². The molecule has 0 amide bonds. The Hall–Kier alpha value is -2.54. The van der Waals surface area contributed by atoms with Crippen LogP contribution in [0.4, 0.5) is 11.4 Å². The second-order valence-electron chi connectivity index (χ2n) is 5.18. The van der Waals surface area contributed by atoms with E-state index < -0.39 is 0 Å². The van der Waals surface area contributed by atoms with Crippen LogP contribution in [-0.2, 0) is 0 Å². The molecular weight excluding hydrogens is 262 g/mol. The van der Waals surface area contributed by atoms with Crippen LogP contribution in [-0.4, -0.2) is 18.1 Å². The maximum atomic E-state index is 9.49. The average molecular weight is 279 g/mol. The van der Waals surface area contributed by atoms with Gasteiger partial charge in [0.2, 0.25) is 0 Å². The summed E-state index contributed by atoms with van der Waals surface area (Å²) in [4.78, 5) is 6.57. The number of nitriles is 1. The van der Waals surface area contributed by atoms with E-state index in [1.54, 1.807) is 0 Å². The number of hydrogen-bond donors (Lipinski definition) is 0. The smallest absolute Gasteiger partial charge is 0.142 e. The maximum absolute atomic E-state index is 9.49. The molecule has 1 aromatic carbocycles. The van der Waals surface area contributed by atoms with Crippen LogP contribution in [0, 0.1) is 25.2 Å². The first-order valence-corrected chi connectivity index (χ1v) is 7.08. The number of hydrogen-bond acceptors (Lipinski definition) is 4. The van der Waals surface area contributed by atoms with Crippen LogP contribution in [0.5, 0.6) is 5.75 Å². The van der Waals surface area contributed by atoms with Crippen LogP contribution >= 0.6 is 0 Å². The molecule has 4 heteroatoms. The Balaban J connectivity index is 2.19. The number of aryl methyl sites for hydroxylation is 2. The number of pyridine rings is 1. The number of ether oxygens (including phenoxy) is 1. The molecule has 3 rings (SSSR count). The van der Waals surface area contributed by atoms with E-state index in [-0.39, 0.29) is 0 Å². The Morgan fingerprint density at radius 2 is 2.05 bits per heavy atom. The van der Waals surface area contributed by atoms with Crippen LogP contribution in [0.1, 0.15) is 23.4 Å². The highest BCUT2D eigenvalue weighted by molar-refractivity contribution is 5.74. The van der Waals surface area contributed by atoms with Gasteiger partial charge >= 0.3 is 0 Å². The second-order valence-corrected chi connectivity index (χ2v) is 5.18. The van der Waals surface area contributed by atoms with Crippen molar-refractivity contribution in [3.63, 3.8) is 0 Å². The van der Waals surface area contributed by atoms with Crippen LogP contribution in [0.3, 0.4) is 0 Å². The molecule has 1 aliphatic rings. The van der Waals surface area contributed by atoms with Gasteiger partial charge in [-0.2, -0.15) is 5.26 Å². The van der Waals surface area contributed by atoms with Crippen LogP contribution < -0.4 is 9.64 Å². The molecule has 0 N–H and O–H groups in total. The first-order valence-electron chi connectivity index (χ1n) is 7.08. The summed E-state index contributed by atoms with van der Waals surface area (Å²) in [5, 5.41) is 9.49. The van der Waals surface area contributed by atoms with E-state index >= 15 is 0 Å². The topological polar surface area (TPSA) is 49.1 Å². The van der Waals surface area contributed by atoms with Gasteiger partial charge in [-0.05, 0) is 38.5 Å². The van der Waals surface area contributed by atoms with Crippen molar-refractivity contribution in [2.75, 3.05) is 18.1 Å². The third kappa shape index (κ3) is 2.43. The van der Waals surface area contributed by atoms with Gasteiger partial charge in [0.05, 0.1) is 29.2 Å². The molecular formula is C17H17N3O. The maximum Gasteiger partial charge on any atom is 0.142 e.